The van der Waals surface area contributed by atoms with Crippen LogP contribution in [0.25, 0.3) is 0 Å². The van der Waals surface area contributed by atoms with Gasteiger partial charge < -0.3 is 20.3 Å². The van der Waals surface area contributed by atoms with Crippen LogP contribution in [0, 0.1) is 0 Å². The van der Waals surface area contributed by atoms with Crippen LogP contribution in [0.5, 0.6) is 0 Å². The van der Waals surface area contributed by atoms with Crippen LogP contribution in [0.15, 0.2) is 48.6 Å². The monoisotopic (exact) mass is 996 g/mol. The molecule has 0 fully saturated rings. The molecule has 416 valence electrons. The molecular weight excluding hydrogens is 875 g/mol. The lowest BCUT2D eigenvalue weighted by Gasteiger charge is -2.20. The minimum absolute atomic E-state index is 0.0181. The maximum absolute atomic E-state index is 12.5. The van der Waals surface area contributed by atoms with E-state index in [2.05, 4.69) is 55.6 Å². The number of ether oxygens (including phenoxy) is 1. The Labute approximate surface area is 442 Å². The fourth-order valence-corrected chi connectivity index (χ4v) is 9.49. The largest absolute Gasteiger partial charge is 0.466 e. The first-order valence-electron chi connectivity index (χ1n) is 31.4. The summed E-state index contributed by atoms with van der Waals surface area (Å²) in [5.74, 6) is -0.0964. The summed E-state index contributed by atoms with van der Waals surface area (Å²) in [6, 6.07) is -0.639. The van der Waals surface area contributed by atoms with E-state index in [0.29, 0.717) is 19.4 Å². The number of aliphatic hydroxyl groups is 2. The second kappa shape index (κ2) is 60.4. The van der Waals surface area contributed by atoms with E-state index in [4.69, 9.17) is 4.74 Å². The number of allylic oxidation sites excluding steroid dienone is 7. The molecule has 0 saturated carbocycles. The first-order chi connectivity index (χ1) is 35.0. The van der Waals surface area contributed by atoms with E-state index in [1.165, 1.54) is 231 Å². The Kier molecular flexibility index (Phi) is 58.5. The normalized spacial score (nSPS) is 12.9. The van der Waals surface area contributed by atoms with E-state index in [0.717, 1.165) is 70.6 Å². The van der Waals surface area contributed by atoms with Gasteiger partial charge in [0.05, 0.1) is 25.4 Å². The Balaban J connectivity index is 3.50. The molecule has 0 aromatic rings. The Hall–Kier alpha value is -2.18. The topological polar surface area (TPSA) is 95.9 Å². The van der Waals surface area contributed by atoms with Gasteiger partial charge in [-0.05, 0) is 83.5 Å². The van der Waals surface area contributed by atoms with E-state index in [9.17, 15) is 19.8 Å². The van der Waals surface area contributed by atoms with E-state index in [-0.39, 0.29) is 18.5 Å². The number of rotatable bonds is 58. The summed E-state index contributed by atoms with van der Waals surface area (Å²) in [6.07, 6.45) is 77.2. The molecule has 71 heavy (non-hydrogen) atoms. The van der Waals surface area contributed by atoms with Crippen molar-refractivity contribution in [3.63, 3.8) is 0 Å². The molecule has 6 nitrogen and oxygen atoms in total. The molecule has 0 aromatic carbocycles. The summed E-state index contributed by atoms with van der Waals surface area (Å²) >= 11 is 0. The fraction of sp³-hybridized carbons (Fsp3) is 0.846. The first-order valence-corrected chi connectivity index (χ1v) is 31.4. The Bertz CT molecular complexity index is 1190. The number of esters is 1. The van der Waals surface area contributed by atoms with Gasteiger partial charge in [-0.25, -0.2) is 0 Å². The van der Waals surface area contributed by atoms with Gasteiger partial charge in [0.1, 0.15) is 0 Å². The van der Waals surface area contributed by atoms with Gasteiger partial charge in [-0.1, -0.05) is 281 Å². The van der Waals surface area contributed by atoms with Gasteiger partial charge in [0.15, 0.2) is 0 Å². The molecule has 0 heterocycles. The van der Waals surface area contributed by atoms with Crippen LogP contribution in [0.1, 0.15) is 328 Å². The molecule has 0 aromatic heterocycles. The first kappa shape index (κ1) is 68.8. The zero-order chi connectivity index (χ0) is 51.4. The molecule has 0 spiro atoms. The molecule has 3 N–H and O–H groups in total. The SMILES string of the molecule is CCC/C=C\C/C=C\CCCCCCCC(=O)OCCCCCCCC/C=C\CCCCCCCCCC(=O)NC(CO)C(O)/C=C/CCCCCCCCCCCCCCCCCCCCCCCC. The molecule has 0 bridgehead atoms. The number of aliphatic hydroxyl groups excluding tert-OH is 2. The van der Waals surface area contributed by atoms with Crippen molar-refractivity contribution in [2.75, 3.05) is 13.2 Å². The average Bonchev–Trinajstić information content (AvgIpc) is 3.37. The summed E-state index contributed by atoms with van der Waals surface area (Å²) in [5.41, 5.74) is 0. The van der Waals surface area contributed by atoms with Crippen molar-refractivity contribution in [3.05, 3.63) is 48.6 Å². The highest BCUT2D eigenvalue weighted by Crippen LogP contribution is 2.17. The third-order valence-corrected chi connectivity index (χ3v) is 14.3. The summed E-state index contributed by atoms with van der Waals surface area (Å²) in [6.45, 7) is 4.83. The zero-order valence-electron chi connectivity index (χ0n) is 47.5. The van der Waals surface area contributed by atoms with Gasteiger partial charge in [0.25, 0.3) is 0 Å². The predicted octanol–water partition coefficient (Wildman–Crippen LogP) is 19.7. The minimum atomic E-state index is -0.855. The van der Waals surface area contributed by atoms with Crippen molar-refractivity contribution in [1.82, 2.24) is 5.32 Å². The Morgan fingerprint density at radius 1 is 0.394 bits per heavy atom. The van der Waals surface area contributed by atoms with Crippen molar-refractivity contribution in [1.29, 1.82) is 0 Å². The van der Waals surface area contributed by atoms with E-state index in [1.54, 1.807) is 6.08 Å². The van der Waals surface area contributed by atoms with Crippen LogP contribution in [-0.4, -0.2) is 47.4 Å². The number of hydrogen-bond donors (Lipinski definition) is 3. The van der Waals surface area contributed by atoms with Crippen molar-refractivity contribution in [2.24, 2.45) is 0 Å². The van der Waals surface area contributed by atoms with Crippen molar-refractivity contribution in [2.45, 2.75) is 341 Å². The lowest BCUT2D eigenvalue weighted by atomic mass is 10.0. The number of unbranched alkanes of at least 4 members (excludes halogenated alkanes) is 41. The predicted molar refractivity (Wildman–Crippen MR) is 310 cm³/mol. The number of carbonyl (C=O) groups excluding carboxylic acids is 2. The van der Waals surface area contributed by atoms with Gasteiger partial charge in [0, 0.05) is 12.8 Å². The number of nitrogens with one attached hydrogen (secondary N) is 1. The summed E-state index contributed by atoms with van der Waals surface area (Å²) in [4.78, 5) is 24.5. The standard InChI is InChI=1S/C65H121NO5/c1-3-5-7-9-11-13-15-17-18-19-20-21-22-23-24-25-27-30-34-37-41-45-49-53-57-63(68)62(61-67)66-64(69)58-54-50-46-42-38-35-31-28-26-29-32-36-40-44-48-52-56-60-71-65(70)59-55-51-47-43-39-33-16-14-12-10-8-6-4-2/h8,10,14,16,26,29,53,57,62-63,67-68H,3-7,9,11-13,15,17-25,27-28,30-52,54-56,58-61H2,1-2H3,(H,66,69)/b10-8-,16-14-,29-26-,57-53+. The highest BCUT2D eigenvalue weighted by Gasteiger charge is 2.18. The number of carbonyl (C=O) groups is 2. The molecular formula is C65H121NO5. The quantitative estimate of drug-likeness (QED) is 0.0321. The maximum Gasteiger partial charge on any atom is 0.305 e. The van der Waals surface area contributed by atoms with Crippen molar-refractivity contribution < 1.29 is 24.5 Å². The molecule has 0 aliphatic heterocycles. The highest BCUT2D eigenvalue weighted by molar-refractivity contribution is 5.76. The highest BCUT2D eigenvalue weighted by atomic mass is 16.5. The van der Waals surface area contributed by atoms with Gasteiger partial charge >= 0.3 is 5.97 Å². The maximum atomic E-state index is 12.5. The van der Waals surface area contributed by atoms with E-state index >= 15 is 0 Å². The van der Waals surface area contributed by atoms with Crippen LogP contribution in [0.2, 0.25) is 0 Å². The molecule has 6 heteroatoms. The summed E-state index contributed by atoms with van der Waals surface area (Å²) in [7, 11) is 0. The van der Waals surface area contributed by atoms with Crippen LogP contribution in [0.4, 0.5) is 0 Å². The van der Waals surface area contributed by atoms with Crippen LogP contribution >= 0.6 is 0 Å². The van der Waals surface area contributed by atoms with E-state index < -0.39 is 12.1 Å². The second-order valence-electron chi connectivity index (χ2n) is 21.4. The zero-order valence-corrected chi connectivity index (χ0v) is 47.5. The third kappa shape index (κ3) is 57.0. The van der Waals surface area contributed by atoms with Gasteiger partial charge in [-0.3, -0.25) is 9.59 Å². The average molecular weight is 997 g/mol. The molecule has 0 aliphatic rings. The molecule has 2 atom stereocenters. The Morgan fingerprint density at radius 2 is 0.732 bits per heavy atom. The molecule has 0 saturated heterocycles. The lowest BCUT2D eigenvalue weighted by Crippen LogP contribution is -2.45. The molecule has 0 radical (unpaired) electrons. The van der Waals surface area contributed by atoms with Crippen LogP contribution in [0.3, 0.4) is 0 Å². The number of hydrogen-bond acceptors (Lipinski definition) is 5. The van der Waals surface area contributed by atoms with Crippen molar-refractivity contribution in [3.8, 4) is 0 Å². The van der Waals surface area contributed by atoms with Crippen LogP contribution < -0.4 is 5.32 Å². The molecule has 2 unspecified atom stereocenters. The van der Waals surface area contributed by atoms with E-state index in [1.807, 2.05) is 6.08 Å². The summed E-state index contributed by atoms with van der Waals surface area (Å²) < 4.78 is 5.45. The molecule has 0 rings (SSSR count). The molecule has 1 amide bonds. The molecule has 0 aliphatic carbocycles. The smallest absolute Gasteiger partial charge is 0.305 e. The van der Waals surface area contributed by atoms with Gasteiger partial charge in [-0.2, -0.15) is 0 Å². The second-order valence-corrected chi connectivity index (χ2v) is 21.4. The van der Waals surface area contributed by atoms with Gasteiger partial charge in [-0.15, -0.1) is 0 Å². The number of amides is 1. The minimum Gasteiger partial charge on any atom is -0.466 e. The fourth-order valence-electron chi connectivity index (χ4n) is 9.49. The lowest BCUT2D eigenvalue weighted by molar-refractivity contribution is -0.143. The van der Waals surface area contributed by atoms with Gasteiger partial charge in [0.2, 0.25) is 5.91 Å². The Morgan fingerprint density at radius 3 is 1.14 bits per heavy atom. The third-order valence-electron chi connectivity index (χ3n) is 14.3. The summed E-state index contributed by atoms with van der Waals surface area (Å²) in [5, 5.41) is 23.2. The van der Waals surface area contributed by atoms with Crippen molar-refractivity contribution >= 4 is 11.9 Å². The van der Waals surface area contributed by atoms with Crippen LogP contribution in [-0.2, 0) is 14.3 Å².